The third-order valence-corrected chi connectivity index (χ3v) is 6.59. The summed E-state index contributed by atoms with van der Waals surface area (Å²) in [6, 6.07) is 3.09. The standard InChI is InChI=1S/C25H29F2N5O3/c1-4-5-10-24(30-31-24)11-8-20(33)32(17-6-7-18-16(13-17)9-12-28-22(18)34)21(19-14-25(19,26)27)23(35)29-15(2)3/h1,6-7,13,15,19,21H,5,8-12,14H2,2-3H3,(H,28,34)(H,29,35). The van der Waals surface area contributed by atoms with Crippen LogP contribution in [0.5, 0.6) is 0 Å². The molecule has 1 fully saturated rings. The van der Waals surface area contributed by atoms with E-state index in [-0.39, 0.29) is 24.8 Å². The molecule has 1 aromatic rings. The molecule has 0 spiro atoms. The van der Waals surface area contributed by atoms with Gasteiger partial charge in [0.25, 0.3) is 11.8 Å². The minimum absolute atomic E-state index is 0.0428. The number of carbonyl (C=O) groups excluding carboxylic acids is 3. The van der Waals surface area contributed by atoms with E-state index in [1.54, 1.807) is 26.0 Å². The summed E-state index contributed by atoms with van der Waals surface area (Å²) in [6.45, 7) is 3.89. The molecule has 186 valence electrons. The van der Waals surface area contributed by atoms with E-state index < -0.39 is 41.8 Å². The Bertz CT molecular complexity index is 1100. The number of nitrogens with zero attached hydrogens (tertiary/aromatic N) is 3. The number of amides is 3. The number of alkyl halides is 2. The highest BCUT2D eigenvalue weighted by molar-refractivity contribution is 6.03. The van der Waals surface area contributed by atoms with Crippen LogP contribution in [0.4, 0.5) is 14.5 Å². The molecule has 35 heavy (non-hydrogen) atoms. The van der Waals surface area contributed by atoms with Crippen molar-refractivity contribution in [2.24, 2.45) is 16.1 Å². The van der Waals surface area contributed by atoms with E-state index in [1.807, 2.05) is 0 Å². The topological polar surface area (TPSA) is 103 Å². The maximum atomic E-state index is 14.3. The zero-order chi connectivity index (χ0) is 25.4. The first-order valence-electron chi connectivity index (χ1n) is 11.9. The summed E-state index contributed by atoms with van der Waals surface area (Å²) in [7, 11) is 0. The molecule has 2 atom stereocenters. The fourth-order valence-electron chi connectivity index (χ4n) is 4.55. The molecule has 0 saturated heterocycles. The first-order valence-corrected chi connectivity index (χ1v) is 11.9. The van der Waals surface area contributed by atoms with Crippen LogP contribution in [0, 0.1) is 18.3 Å². The fourth-order valence-corrected chi connectivity index (χ4v) is 4.55. The molecule has 0 aromatic heterocycles. The third-order valence-electron chi connectivity index (χ3n) is 6.59. The predicted octanol–water partition coefficient (Wildman–Crippen LogP) is 3.21. The van der Waals surface area contributed by atoms with Crippen LogP contribution in [0.25, 0.3) is 0 Å². The lowest BCUT2D eigenvalue weighted by molar-refractivity contribution is -0.128. The second-order valence-corrected chi connectivity index (χ2v) is 9.68. The summed E-state index contributed by atoms with van der Waals surface area (Å²) >= 11 is 0. The van der Waals surface area contributed by atoms with Crippen molar-refractivity contribution in [3.8, 4) is 12.3 Å². The van der Waals surface area contributed by atoms with Crippen molar-refractivity contribution >= 4 is 23.4 Å². The van der Waals surface area contributed by atoms with E-state index in [0.29, 0.717) is 42.6 Å². The lowest BCUT2D eigenvalue weighted by atomic mass is 9.97. The number of benzene rings is 1. The summed E-state index contributed by atoms with van der Waals surface area (Å²) in [4.78, 5) is 40.1. The molecule has 2 N–H and O–H groups in total. The van der Waals surface area contributed by atoms with E-state index in [1.165, 1.54) is 11.0 Å². The van der Waals surface area contributed by atoms with Crippen molar-refractivity contribution in [3.05, 3.63) is 29.3 Å². The normalized spacial score (nSPS) is 21.4. The van der Waals surface area contributed by atoms with E-state index in [0.717, 1.165) is 0 Å². The van der Waals surface area contributed by atoms with Crippen LogP contribution in [0.3, 0.4) is 0 Å². The van der Waals surface area contributed by atoms with Gasteiger partial charge in [-0.2, -0.15) is 10.2 Å². The molecule has 1 saturated carbocycles. The van der Waals surface area contributed by atoms with E-state index in [9.17, 15) is 23.2 Å². The summed E-state index contributed by atoms with van der Waals surface area (Å²) in [5, 5.41) is 13.5. The molecule has 0 radical (unpaired) electrons. The molecular weight excluding hydrogens is 456 g/mol. The number of anilines is 1. The zero-order valence-electron chi connectivity index (χ0n) is 19.8. The van der Waals surface area contributed by atoms with E-state index in [2.05, 4.69) is 26.8 Å². The molecule has 2 heterocycles. The monoisotopic (exact) mass is 485 g/mol. The number of hydrogen-bond donors (Lipinski definition) is 2. The number of fused-ring (bicyclic) bond motifs is 1. The Morgan fingerprint density at radius 3 is 2.63 bits per heavy atom. The van der Waals surface area contributed by atoms with Gasteiger partial charge < -0.3 is 10.6 Å². The first-order chi connectivity index (χ1) is 16.6. The quantitative estimate of drug-likeness (QED) is 0.498. The molecular formula is C25H29F2N5O3. The first kappa shape index (κ1) is 24.8. The summed E-state index contributed by atoms with van der Waals surface area (Å²) in [5.41, 5.74) is 0.766. The molecule has 1 aliphatic carbocycles. The Morgan fingerprint density at radius 1 is 1.31 bits per heavy atom. The molecule has 2 aliphatic heterocycles. The van der Waals surface area contributed by atoms with Crippen LogP contribution in [-0.4, -0.2) is 47.9 Å². The molecule has 3 aliphatic rings. The van der Waals surface area contributed by atoms with Gasteiger partial charge in [0.2, 0.25) is 11.8 Å². The van der Waals surface area contributed by atoms with Gasteiger partial charge in [-0.3, -0.25) is 19.3 Å². The SMILES string of the molecule is C#CCCC1(CCC(=O)N(c2ccc3c(c2)CCNC3=O)C(C(=O)NC(C)C)C2CC2(F)F)N=N1. The predicted molar refractivity (Wildman–Crippen MR) is 125 cm³/mol. The molecule has 0 bridgehead atoms. The molecule has 4 rings (SSSR count). The number of halogens is 2. The van der Waals surface area contributed by atoms with Crippen molar-refractivity contribution < 1.29 is 23.2 Å². The van der Waals surface area contributed by atoms with Crippen LogP contribution >= 0.6 is 0 Å². The third kappa shape index (κ3) is 5.34. The number of terminal acetylenes is 1. The lowest BCUT2D eigenvalue weighted by Crippen LogP contribution is -2.53. The summed E-state index contributed by atoms with van der Waals surface area (Å²) in [5.74, 6) is -3.14. The van der Waals surface area contributed by atoms with Gasteiger partial charge in [0.15, 0.2) is 5.66 Å². The van der Waals surface area contributed by atoms with Gasteiger partial charge in [0.1, 0.15) is 6.04 Å². The second-order valence-electron chi connectivity index (χ2n) is 9.68. The minimum Gasteiger partial charge on any atom is -0.352 e. The molecule has 3 amide bonds. The summed E-state index contributed by atoms with van der Waals surface area (Å²) in [6.07, 6.45) is 6.58. The van der Waals surface area contributed by atoms with E-state index >= 15 is 0 Å². The van der Waals surface area contributed by atoms with Gasteiger partial charge in [-0.15, -0.1) is 12.3 Å². The average molecular weight is 486 g/mol. The van der Waals surface area contributed by atoms with Crippen molar-refractivity contribution in [3.63, 3.8) is 0 Å². The number of nitrogens with one attached hydrogen (secondary N) is 2. The number of hydrogen-bond acceptors (Lipinski definition) is 5. The maximum absolute atomic E-state index is 14.3. The van der Waals surface area contributed by atoms with Crippen molar-refractivity contribution in [1.29, 1.82) is 0 Å². The Morgan fingerprint density at radius 2 is 2.03 bits per heavy atom. The van der Waals surface area contributed by atoms with Crippen LogP contribution in [-0.2, 0) is 16.0 Å². The molecule has 2 unspecified atom stereocenters. The van der Waals surface area contributed by atoms with Gasteiger partial charge in [0, 0.05) is 55.9 Å². The molecule has 10 heteroatoms. The van der Waals surface area contributed by atoms with Crippen LogP contribution in [0.15, 0.2) is 28.4 Å². The van der Waals surface area contributed by atoms with Gasteiger partial charge in [-0.05, 0) is 44.0 Å². The van der Waals surface area contributed by atoms with Crippen molar-refractivity contribution in [2.75, 3.05) is 11.4 Å². The highest BCUT2D eigenvalue weighted by Crippen LogP contribution is 2.52. The fraction of sp³-hybridized carbons (Fsp3) is 0.560. The Kier molecular flexibility index (Phi) is 6.62. The molecule has 1 aromatic carbocycles. The van der Waals surface area contributed by atoms with Crippen LogP contribution < -0.4 is 15.5 Å². The Balaban J connectivity index is 1.67. The van der Waals surface area contributed by atoms with Crippen molar-refractivity contribution in [2.45, 2.75) is 76.0 Å². The largest absolute Gasteiger partial charge is 0.352 e. The van der Waals surface area contributed by atoms with Crippen LogP contribution in [0.2, 0.25) is 0 Å². The highest BCUT2D eigenvalue weighted by atomic mass is 19.3. The van der Waals surface area contributed by atoms with E-state index in [4.69, 9.17) is 6.42 Å². The van der Waals surface area contributed by atoms with Gasteiger partial charge in [-0.25, -0.2) is 8.78 Å². The number of rotatable bonds is 10. The average Bonchev–Trinajstić information content (AvgIpc) is 3.70. The smallest absolute Gasteiger partial charge is 0.254 e. The Hall–Kier alpha value is -3.35. The summed E-state index contributed by atoms with van der Waals surface area (Å²) < 4.78 is 28.6. The highest BCUT2D eigenvalue weighted by Gasteiger charge is 2.64. The van der Waals surface area contributed by atoms with Crippen LogP contribution in [0.1, 0.15) is 61.9 Å². The van der Waals surface area contributed by atoms with Gasteiger partial charge in [0.05, 0.1) is 5.92 Å². The zero-order valence-corrected chi connectivity index (χ0v) is 19.8. The second kappa shape index (κ2) is 9.36. The maximum Gasteiger partial charge on any atom is 0.254 e. The Labute approximate surface area is 202 Å². The van der Waals surface area contributed by atoms with Gasteiger partial charge >= 0.3 is 0 Å². The van der Waals surface area contributed by atoms with Gasteiger partial charge in [-0.1, -0.05) is 0 Å². The van der Waals surface area contributed by atoms with Crippen molar-refractivity contribution in [1.82, 2.24) is 10.6 Å². The molecule has 8 nitrogen and oxygen atoms in total. The lowest BCUT2D eigenvalue weighted by Gasteiger charge is -2.33. The number of carbonyl (C=O) groups is 3. The minimum atomic E-state index is -3.04.